The van der Waals surface area contributed by atoms with Gasteiger partial charge < -0.3 is 86.9 Å². The van der Waals surface area contributed by atoms with Gasteiger partial charge in [0.1, 0.15) is 42.3 Å². The largest absolute Gasteiger partial charge is 0.481 e. The summed E-state index contributed by atoms with van der Waals surface area (Å²) in [5.74, 6) is -16.0. The minimum absolute atomic E-state index is 0.0700. The Morgan fingerprint density at radius 1 is 0.472 bits per heavy atom. The number of guanidine groups is 1. The van der Waals surface area contributed by atoms with Gasteiger partial charge in [-0.1, -0.05) is 34.1 Å². The van der Waals surface area contributed by atoms with Crippen molar-refractivity contribution < 1.29 is 77.6 Å². The van der Waals surface area contributed by atoms with Gasteiger partial charge in [-0.15, -0.1) is 0 Å². The lowest BCUT2D eigenvalue weighted by Crippen LogP contribution is -2.61. The van der Waals surface area contributed by atoms with Gasteiger partial charge in [-0.3, -0.25) is 62.5 Å². The summed E-state index contributed by atoms with van der Waals surface area (Å²) in [7, 11) is 0. The topological polar surface area (TPSA) is 535 Å². The van der Waals surface area contributed by atoms with E-state index >= 15 is 0 Å². The molecule has 30 nitrogen and oxygen atoms in total. The molecule has 0 aromatic carbocycles. The third-order valence-corrected chi connectivity index (χ3v) is 10.6. The number of nitrogens with two attached hydrogens (primary N) is 6. The molecule has 9 unspecified atom stereocenters. The van der Waals surface area contributed by atoms with Gasteiger partial charge in [0.05, 0.1) is 12.5 Å². The number of primary amides is 3. The zero-order valence-electron chi connectivity index (χ0n) is 40.7. The molecule has 22 N–H and O–H groups in total. The van der Waals surface area contributed by atoms with Crippen LogP contribution in [0.4, 0.5) is 0 Å². The second-order valence-electron chi connectivity index (χ2n) is 17.3. The van der Waals surface area contributed by atoms with E-state index in [1.165, 1.54) is 0 Å². The van der Waals surface area contributed by atoms with Gasteiger partial charge in [0.15, 0.2) is 5.96 Å². The van der Waals surface area contributed by atoms with Crippen LogP contribution in [0.25, 0.3) is 0 Å². The van der Waals surface area contributed by atoms with Gasteiger partial charge in [-0.2, -0.15) is 0 Å². The van der Waals surface area contributed by atoms with Crippen molar-refractivity contribution in [3.05, 3.63) is 0 Å². The molecular formula is C42H72N14O16. The van der Waals surface area contributed by atoms with Crippen molar-refractivity contribution in [2.75, 3.05) is 6.54 Å². The second kappa shape index (κ2) is 33.0. The predicted octanol–water partition coefficient (Wildman–Crippen LogP) is -5.93. The van der Waals surface area contributed by atoms with Crippen LogP contribution in [-0.2, 0) is 62.3 Å². The average Bonchev–Trinajstić information content (AvgIpc) is 3.27. The van der Waals surface area contributed by atoms with Gasteiger partial charge in [-0.05, 0) is 56.8 Å². The second-order valence-corrected chi connectivity index (χ2v) is 17.3. The molecule has 0 aliphatic carbocycles. The number of carboxylic acid groups (broad SMARTS) is 3. The molecular weight excluding hydrogens is 957 g/mol. The van der Waals surface area contributed by atoms with Crippen LogP contribution in [0.15, 0.2) is 4.99 Å². The molecule has 0 fully saturated rings. The minimum atomic E-state index is -1.94. The number of carbonyl (C=O) groups excluding carboxylic acids is 10. The molecule has 0 aromatic heterocycles. The lowest BCUT2D eigenvalue weighted by Gasteiger charge is -2.29. The van der Waals surface area contributed by atoms with Crippen molar-refractivity contribution in [3.8, 4) is 0 Å². The summed E-state index contributed by atoms with van der Waals surface area (Å²) < 4.78 is 0. The molecule has 0 aliphatic rings. The van der Waals surface area contributed by atoms with Crippen LogP contribution in [0, 0.1) is 11.8 Å². The van der Waals surface area contributed by atoms with Gasteiger partial charge in [0.2, 0.25) is 59.1 Å². The minimum Gasteiger partial charge on any atom is -0.481 e. The molecule has 9 atom stereocenters. The van der Waals surface area contributed by atoms with Crippen molar-refractivity contribution in [1.29, 1.82) is 0 Å². The number of amides is 10. The Kier molecular flexibility index (Phi) is 29.5. The van der Waals surface area contributed by atoms with Crippen molar-refractivity contribution >= 4 is 82.9 Å². The maximum atomic E-state index is 14.0. The molecule has 10 amide bonds. The van der Waals surface area contributed by atoms with E-state index in [0.29, 0.717) is 6.42 Å². The Hall–Kier alpha value is -7.66. The first-order valence-corrected chi connectivity index (χ1v) is 22.9. The lowest BCUT2D eigenvalue weighted by atomic mass is 9.96. The summed E-state index contributed by atoms with van der Waals surface area (Å²) in [6.07, 6.45) is -5.03. The zero-order valence-corrected chi connectivity index (χ0v) is 40.7. The molecule has 406 valence electrons. The number of aliphatic imine (C=N–C) groups is 1. The first-order chi connectivity index (χ1) is 33.5. The molecule has 72 heavy (non-hydrogen) atoms. The molecule has 0 aromatic rings. The molecule has 30 heteroatoms. The van der Waals surface area contributed by atoms with Crippen molar-refractivity contribution in [1.82, 2.24) is 37.2 Å². The van der Waals surface area contributed by atoms with Crippen molar-refractivity contribution in [2.45, 2.75) is 160 Å². The van der Waals surface area contributed by atoms with E-state index in [-0.39, 0.29) is 50.5 Å². The third kappa shape index (κ3) is 26.9. The Labute approximate surface area is 414 Å². The molecule has 0 radical (unpaired) electrons. The highest BCUT2D eigenvalue weighted by molar-refractivity contribution is 5.99. The standard InChI is InChI=1S/C42H72N14O16/c1-5-20(4)33(40(70)53-25(41(71)72)7-6-16-49-42(47)48)56-39(69)26(17-19(2)3)54-37(67)24(11-15-32(62)63)51-35(65)22(9-13-29(45)58)52-38(68)27(18-30(46)59)55-36(66)23(10-14-31(60)61)50-34(64)21(43)8-12-28(44)57/h19-27,33H,5-18,43H2,1-4H3,(H2,44,57)(H2,45,58)(H2,46,59)(H,50,64)(H,51,65)(H,52,68)(H,53,70)(H,54,67)(H,55,66)(H,56,69)(H,60,61)(H,62,63)(H,71,72)(H4,47,48,49). The lowest BCUT2D eigenvalue weighted by molar-refractivity contribution is -0.143. The fraction of sp³-hybridized carbons (Fsp3) is 0.667. The normalized spacial score (nSPS) is 14.6. The summed E-state index contributed by atoms with van der Waals surface area (Å²) in [6.45, 7) is 6.75. The average molecular weight is 1030 g/mol. The smallest absolute Gasteiger partial charge is 0.326 e. The number of rotatable bonds is 37. The molecule has 0 saturated heterocycles. The van der Waals surface area contributed by atoms with Crippen LogP contribution in [0.1, 0.15) is 111 Å². The summed E-state index contributed by atoms with van der Waals surface area (Å²) in [5.41, 5.74) is 32.1. The van der Waals surface area contributed by atoms with E-state index in [1.807, 2.05) is 0 Å². The monoisotopic (exact) mass is 1030 g/mol. The number of nitrogens with zero attached hydrogens (tertiary/aromatic N) is 1. The quantitative estimate of drug-likeness (QED) is 0.0156. The highest BCUT2D eigenvalue weighted by Gasteiger charge is 2.36. The summed E-state index contributed by atoms with van der Waals surface area (Å²) in [5, 5.41) is 44.8. The van der Waals surface area contributed by atoms with E-state index in [4.69, 9.17) is 34.4 Å². The number of hydrogen-bond donors (Lipinski definition) is 16. The number of hydrogen-bond acceptors (Lipinski definition) is 15. The Morgan fingerprint density at radius 3 is 1.29 bits per heavy atom. The van der Waals surface area contributed by atoms with E-state index in [1.54, 1.807) is 27.7 Å². The first kappa shape index (κ1) is 64.3. The summed E-state index contributed by atoms with van der Waals surface area (Å²) in [6, 6.07) is -12.8. The maximum absolute atomic E-state index is 14.0. The SMILES string of the molecule is CCC(C)C(NC(=O)C(CC(C)C)NC(=O)C(CCC(=O)O)NC(=O)C(CCC(N)=O)NC(=O)C(CC(N)=O)NC(=O)C(CCC(=O)O)NC(=O)C(N)CCC(N)=O)C(=O)NC(CCCN=C(N)N)C(=O)O. The summed E-state index contributed by atoms with van der Waals surface area (Å²) in [4.78, 5) is 169. The first-order valence-electron chi connectivity index (χ1n) is 22.9. The van der Waals surface area contributed by atoms with Gasteiger partial charge in [0.25, 0.3) is 0 Å². The van der Waals surface area contributed by atoms with Crippen LogP contribution in [0.2, 0.25) is 0 Å². The maximum Gasteiger partial charge on any atom is 0.326 e. The van der Waals surface area contributed by atoms with Crippen LogP contribution >= 0.6 is 0 Å². The Morgan fingerprint density at radius 2 is 0.875 bits per heavy atom. The number of aliphatic carboxylic acids is 3. The van der Waals surface area contributed by atoms with Gasteiger partial charge in [0, 0.05) is 32.2 Å². The number of carboxylic acids is 3. The fourth-order valence-corrected chi connectivity index (χ4v) is 6.52. The molecule has 0 bridgehead atoms. The van der Waals surface area contributed by atoms with Crippen LogP contribution in [0.5, 0.6) is 0 Å². The Balaban J connectivity index is 6.74. The summed E-state index contributed by atoms with van der Waals surface area (Å²) >= 11 is 0. The highest BCUT2D eigenvalue weighted by Crippen LogP contribution is 2.14. The van der Waals surface area contributed by atoms with Gasteiger partial charge >= 0.3 is 17.9 Å². The molecule has 0 aliphatic heterocycles. The van der Waals surface area contributed by atoms with E-state index < -0.39 is 176 Å². The Bertz CT molecular complexity index is 1980. The fourth-order valence-electron chi connectivity index (χ4n) is 6.52. The van der Waals surface area contributed by atoms with E-state index in [2.05, 4.69) is 42.2 Å². The van der Waals surface area contributed by atoms with E-state index in [0.717, 1.165) is 0 Å². The third-order valence-electron chi connectivity index (χ3n) is 10.6. The van der Waals surface area contributed by atoms with E-state index in [9.17, 15) is 77.6 Å². The van der Waals surface area contributed by atoms with Crippen LogP contribution < -0.4 is 71.6 Å². The molecule has 0 spiro atoms. The van der Waals surface area contributed by atoms with Gasteiger partial charge in [-0.25, -0.2) is 4.79 Å². The predicted molar refractivity (Wildman–Crippen MR) is 252 cm³/mol. The molecule has 0 saturated carbocycles. The van der Waals surface area contributed by atoms with Crippen molar-refractivity contribution in [2.24, 2.45) is 51.2 Å². The number of nitrogens with one attached hydrogen (secondary N) is 7. The number of carbonyl (C=O) groups is 13. The zero-order chi connectivity index (χ0) is 55.4. The molecule has 0 rings (SSSR count). The van der Waals surface area contributed by atoms with Crippen LogP contribution in [0.3, 0.4) is 0 Å². The van der Waals surface area contributed by atoms with Crippen molar-refractivity contribution in [3.63, 3.8) is 0 Å². The molecule has 0 heterocycles. The van der Waals surface area contributed by atoms with Crippen LogP contribution in [-0.4, -0.2) is 153 Å². The highest BCUT2D eigenvalue weighted by atomic mass is 16.4.